The van der Waals surface area contributed by atoms with Crippen LogP contribution in [0.15, 0.2) is 18.2 Å². The van der Waals surface area contributed by atoms with Crippen molar-refractivity contribution in [3.05, 3.63) is 29.3 Å². The van der Waals surface area contributed by atoms with Crippen molar-refractivity contribution in [1.82, 2.24) is 5.32 Å². The number of carboxylic acids is 1. The molecule has 1 aliphatic heterocycles. The molecule has 0 unspecified atom stereocenters. The molecule has 0 bridgehead atoms. The number of rotatable bonds is 3. The molecule has 20 heavy (non-hydrogen) atoms. The van der Waals surface area contributed by atoms with Gasteiger partial charge < -0.3 is 15.7 Å². The third-order valence-corrected chi connectivity index (χ3v) is 3.47. The largest absolute Gasteiger partial charge is 0.480 e. The van der Waals surface area contributed by atoms with Crippen LogP contribution in [0.3, 0.4) is 0 Å². The minimum atomic E-state index is -1.02. The maximum atomic E-state index is 12.2. The van der Waals surface area contributed by atoms with Crippen LogP contribution in [0.4, 0.5) is 5.69 Å². The third kappa shape index (κ3) is 2.92. The van der Waals surface area contributed by atoms with Crippen LogP contribution in [0.5, 0.6) is 0 Å². The number of hydrogen-bond donors (Lipinski definition) is 3. The summed E-state index contributed by atoms with van der Waals surface area (Å²) in [5.41, 5.74) is 2.08. The monoisotopic (exact) mass is 276 g/mol. The van der Waals surface area contributed by atoms with Crippen molar-refractivity contribution >= 4 is 17.6 Å². The Morgan fingerprint density at radius 1 is 1.35 bits per heavy atom. The van der Waals surface area contributed by atoms with E-state index in [9.17, 15) is 14.7 Å². The van der Waals surface area contributed by atoms with Crippen LogP contribution in [-0.2, 0) is 11.2 Å². The van der Waals surface area contributed by atoms with Gasteiger partial charge in [-0.1, -0.05) is 26.8 Å². The van der Waals surface area contributed by atoms with Gasteiger partial charge in [0.15, 0.2) is 0 Å². The fraction of sp³-hybridized carbons (Fsp3) is 0.467. The normalized spacial score (nSPS) is 15.2. The molecule has 5 heteroatoms. The summed E-state index contributed by atoms with van der Waals surface area (Å²) in [5.74, 6) is -1.38. The van der Waals surface area contributed by atoms with Gasteiger partial charge in [0.2, 0.25) is 0 Å². The van der Waals surface area contributed by atoms with Crippen molar-refractivity contribution in [3.8, 4) is 0 Å². The van der Waals surface area contributed by atoms with E-state index < -0.39 is 17.4 Å². The second kappa shape index (κ2) is 5.15. The van der Waals surface area contributed by atoms with E-state index in [1.807, 2.05) is 6.07 Å². The molecule has 0 saturated heterocycles. The molecule has 0 fully saturated rings. The molecule has 1 aromatic carbocycles. The molecule has 3 N–H and O–H groups in total. The van der Waals surface area contributed by atoms with Crippen molar-refractivity contribution in [2.75, 3.05) is 11.9 Å². The number of carbonyl (C=O) groups excluding carboxylic acids is 1. The van der Waals surface area contributed by atoms with Gasteiger partial charge in [0.25, 0.3) is 5.91 Å². The van der Waals surface area contributed by atoms with E-state index in [4.69, 9.17) is 0 Å². The van der Waals surface area contributed by atoms with Gasteiger partial charge in [0, 0.05) is 17.8 Å². The first-order chi connectivity index (χ1) is 9.29. The van der Waals surface area contributed by atoms with Crippen LogP contribution in [0.25, 0.3) is 0 Å². The highest BCUT2D eigenvalue weighted by Crippen LogP contribution is 2.24. The lowest BCUT2D eigenvalue weighted by Gasteiger charge is -2.27. The maximum absolute atomic E-state index is 12.2. The van der Waals surface area contributed by atoms with Gasteiger partial charge >= 0.3 is 5.97 Å². The zero-order valence-corrected chi connectivity index (χ0v) is 12.0. The molecule has 2 rings (SSSR count). The number of carboxylic acid groups (broad SMARTS) is 1. The van der Waals surface area contributed by atoms with Crippen molar-refractivity contribution < 1.29 is 14.7 Å². The number of nitrogens with one attached hydrogen (secondary N) is 2. The number of benzene rings is 1. The topological polar surface area (TPSA) is 78.4 Å². The van der Waals surface area contributed by atoms with Gasteiger partial charge in [-0.15, -0.1) is 0 Å². The summed E-state index contributed by atoms with van der Waals surface area (Å²) >= 11 is 0. The Morgan fingerprint density at radius 3 is 2.65 bits per heavy atom. The molecule has 0 aliphatic carbocycles. The smallest absolute Gasteiger partial charge is 0.326 e. The fourth-order valence-corrected chi connectivity index (χ4v) is 2.30. The molecular weight excluding hydrogens is 256 g/mol. The lowest BCUT2D eigenvalue weighted by Crippen LogP contribution is -2.49. The summed E-state index contributed by atoms with van der Waals surface area (Å²) in [6.45, 7) is 6.24. The standard InChI is InChI=1S/C15H20N2O3/c1-15(2,3)12(14(19)20)17-13(18)10-5-4-9-6-7-16-11(9)8-10/h4-5,8,12,16H,6-7H2,1-3H3,(H,17,18)(H,19,20)/t12-/m0/s1. The lowest BCUT2D eigenvalue weighted by molar-refractivity contribution is -0.142. The summed E-state index contributed by atoms with van der Waals surface area (Å²) in [5, 5.41) is 15.0. The van der Waals surface area contributed by atoms with Gasteiger partial charge in [0.05, 0.1) is 0 Å². The highest BCUT2D eigenvalue weighted by atomic mass is 16.4. The summed E-state index contributed by atoms with van der Waals surface area (Å²) in [4.78, 5) is 23.5. The molecule has 0 radical (unpaired) electrons. The molecule has 5 nitrogen and oxygen atoms in total. The Balaban J connectivity index is 2.17. The molecule has 1 aromatic rings. The van der Waals surface area contributed by atoms with E-state index in [2.05, 4.69) is 10.6 Å². The van der Waals surface area contributed by atoms with Crippen molar-refractivity contribution in [2.45, 2.75) is 33.2 Å². The fourth-order valence-electron chi connectivity index (χ4n) is 2.30. The minimum absolute atomic E-state index is 0.358. The van der Waals surface area contributed by atoms with E-state index in [0.29, 0.717) is 5.56 Å². The highest BCUT2D eigenvalue weighted by Gasteiger charge is 2.32. The average Bonchev–Trinajstić information content (AvgIpc) is 2.80. The first kappa shape index (κ1) is 14.4. The molecule has 1 heterocycles. The van der Waals surface area contributed by atoms with Crippen molar-refractivity contribution in [2.24, 2.45) is 5.41 Å². The van der Waals surface area contributed by atoms with Crippen LogP contribution in [0.2, 0.25) is 0 Å². The molecule has 1 amide bonds. The SMILES string of the molecule is CC(C)(C)[C@@H](NC(=O)c1ccc2c(c1)NCC2)C(=O)O. The van der Waals surface area contributed by atoms with Gasteiger partial charge in [-0.2, -0.15) is 0 Å². The Morgan fingerprint density at radius 2 is 2.05 bits per heavy atom. The highest BCUT2D eigenvalue weighted by molar-refractivity contribution is 5.97. The van der Waals surface area contributed by atoms with Crippen molar-refractivity contribution in [3.63, 3.8) is 0 Å². The van der Waals surface area contributed by atoms with Gasteiger partial charge in [-0.25, -0.2) is 4.79 Å². The number of carbonyl (C=O) groups is 2. The molecule has 1 aliphatic rings. The van der Waals surface area contributed by atoms with Crippen molar-refractivity contribution in [1.29, 1.82) is 0 Å². The Hall–Kier alpha value is -2.04. The number of aliphatic carboxylic acids is 1. The summed E-state index contributed by atoms with van der Waals surface area (Å²) in [6.07, 6.45) is 0.955. The second-order valence-corrected chi connectivity index (χ2v) is 6.16. The quantitative estimate of drug-likeness (QED) is 0.787. The Kier molecular flexibility index (Phi) is 3.70. The lowest BCUT2D eigenvalue weighted by atomic mass is 9.86. The van der Waals surface area contributed by atoms with Crippen LogP contribution < -0.4 is 10.6 Å². The van der Waals surface area contributed by atoms with E-state index in [0.717, 1.165) is 18.7 Å². The van der Waals surface area contributed by atoms with Gasteiger partial charge in [-0.3, -0.25) is 4.79 Å². The first-order valence-corrected chi connectivity index (χ1v) is 6.69. The predicted octanol–water partition coefficient (Wildman–Crippen LogP) is 1.88. The van der Waals surface area contributed by atoms with E-state index in [-0.39, 0.29) is 5.91 Å². The molecule has 0 aromatic heterocycles. The molecule has 0 spiro atoms. The number of anilines is 1. The van der Waals surface area contributed by atoms with Crippen LogP contribution >= 0.6 is 0 Å². The average molecular weight is 276 g/mol. The molecule has 108 valence electrons. The third-order valence-electron chi connectivity index (χ3n) is 3.47. The Labute approximate surface area is 118 Å². The minimum Gasteiger partial charge on any atom is -0.480 e. The van der Waals surface area contributed by atoms with Gasteiger partial charge in [0.1, 0.15) is 6.04 Å². The zero-order valence-electron chi connectivity index (χ0n) is 12.0. The Bertz CT molecular complexity index is 547. The van der Waals surface area contributed by atoms with Crippen LogP contribution in [-0.4, -0.2) is 29.6 Å². The summed E-state index contributed by atoms with van der Waals surface area (Å²) < 4.78 is 0. The zero-order chi connectivity index (χ0) is 14.9. The summed E-state index contributed by atoms with van der Waals surface area (Å²) in [7, 11) is 0. The van der Waals surface area contributed by atoms with E-state index >= 15 is 0 Å². The van der Waals surface area contributed by atoms with Gasteiger partial charge in [-0.05, 0) is 29.5 Å². The number of amides is 1. The van der Waals surface area contributed by atoms with E-state index in [1.165, 1.54) is 5.56 Å². The van der Waals surface area contributed by atoms with Crippen LogP contribution in [0, 0.1) is 5.41 Å². The first-order valence-electron chi connectivity index (χ1n) is 6.69. The second-order valence-electron chi connectivity index (χ2n) is 6.16. The number of hydrogen-bond acceptors (Lipinski definition) is 3. The number of fused-ring (bicyclic) bond motifs is 1. The predicted molar refractivity (Wildman–Crippen MR) is 77.0 cm³/mol. The molecular formula is C15H20N2O3. The van der Waals surface area contributed by atoms with E-state index in [1.54, 1.807) is 32.9 Å². The summed E-state index contributed by atoms with van der Waals surface area (Å²) in [6, 6.07) is 4.51. The molecule has 0 saturated carbocycles. The van der Waals surface area contributed by atoms with Crippen LogP contribution in [0.1, 0.15) is 36.7 Å². The maximum Gasteiger partial charge on any atom is 0.326 e. The molecule has 1 atom stereocenters.